The summed E-state index contributed by atoms with van der Waals surface area (Å²) in [5.74, 6) is -0.757. The number of carboxylic acids is 1. The molecule has 0 radical (unpaired) electrons. The second-order valence-corrected chi connectivity index (χ2v) is 8.86. The van der Waals surface area contributed by atoms with E-state index in [1.54, 1.807) is 4.57 Å². The van der Waals surface area contributed by atoms with Crippen LogP contribution in [0.25, 0.3) is 11.0 Å². The van der Waals surface area contributed by atoms with Crippen molar-refractivity contribution in [3.63, 3.8) is 0 Å². The highest BCUT2D eigenvalue weighted by molar-refractivity contribution is 5.77. The minimum atomic E-state index is -0.936. The SMILES string of the molecule is Cc1cccc2c1C(Cn1c(=O)n([C@H](CC(=O)O)c3ccccc3)c3ccccc31)CN2C. The Morgan fingerprint density at radius 3 is 2.42 bits per heavy atom. The Hall–Kier alpha value is -3.80. The van der Waals surface area contributed by atoms with Crippen molar-refractivity contribution < 1.29 is 9.90 Å². The van der Waals surface area contributed by atoms with Gasteiger partial charge in [-0.15, -0.1) is 0 Å². The number of aryl methyl sites for hydroxylation is 1. The predicted octanol–water partition coefficient (Wildman–Crippen LogP) is 4.41. The molecular weight excluding hydrogens is 414 g/mol. The molecule has 0 bridgehead atoms. The van der Waals surface area contributed by atoms with E-state index in [0.717, 1.165) is 23.1 Å². The second-order valence-electron chi connectivity index (χ2n) is 8.86. The molecule has 1 aromatic heterocycles. The maximum absolute atomic E-state index is 13.9. The first kappa shape index (κ1) is 21.1. The fourth-order valence-corrected chi connectivity index (χ4v) is 5.33. The highest BCUT2D eigenvalue weighted by Gasteiger charge is 2.30. The number of anilines is 1. The molecule has 0 amide bonds. The van der Waals surface area contributed by atoms with E-state index in [1.165, 1.54) is 16.8 Å². The molecule has 4 aromatic rings. The van der Waals surface area contributed by atoms with Crippen molar-refractivity contribution in [2.75, 3.05) is 18.5 Å². The van der Waals surface area contributed by atoms with Crippen LogP contribution in [0.1, 0.15) is 35.1 Å². The molecule has 6 nitrogen and oxygen atoms in total. The zero-order chi connectivity index (χ0) is 23.1. The molecule has 0 saturated heterocycles. The van der Waals surface area contributed by atoms with Crippen LogP contribution >= 0.6 is 0 Å². The minimum Gasteiger partial charge on any atom is -0.481 e. The maximum atomic E-state index is 13.9. The number of hydrogen-bond donors (Lipinski definition) is 1. The Labute approximate surface area is 192 Å². The van der Waals surface area contributed by atoms with Crippen LogP contribution in [0, 0.1) is 6.92 Å². The van der Waals surface area contributed by atoms with E-state index in [2.05, 4.69) is 37.1 Å². The molecule has 0 saturated carbocycles. The van der Waals surface area contributed by atoms with Gasteiger partial charge in [-0.3, -0.25) is 13.9 Å². The molecule has 0 aliphatic carbocycles. The summed E-state index contributed by atoms with van der Waals surface area (Å²) in [7, 11) is 2.09. The molecule has 1 N–H and O–H groups in total. The average molecular weight is 442 g/mol. The van der Waals surface area contributed by atoms with Gasteiger partial charge >= 0.3 is 11.7 Å². The summed E-state index contributed by atoms with van der Waals surface area (Å²) in [4.78, 5) is 27.9. The van der Waals surface area contributed by atoms with Crippen LogP contribution in [0.5, 0.6) is 0 Å². The van der Waals surface area contributed by atoms with Gasteiger partial charge in [0.1, 0.15) is 0 Å². The Bertz CT molecular complexity index is 1390. The van der Waals surface area contributed by atoms with Crippen LogP contribution in [0.2, 0.25) is 0 Å². The topological polar surface area (TPSA) is 67.5 Å². The number of likely N-dealkylation sites (N-methyl/N-ethyl adjacent to an activating group) is 1. The zero-order valence-corrected chi connectivity index (χ0v) is 18.8. The van der Waals surface area contributed by atoms with Crippen LogP contribution < -0.4 is 10.6 Å². The Morgan fingerprint density at radius 1 is 1.00 bits per heavy atom. The van der Waals surface area contributed by atoms with E-state index in [-0.39, 0.29) is 18.0 Å². The number of benzene rings is 3. The van der Waals surface area contributed by atoms with Crippen LogP contribution in [0.3, 0.4) is 0 Å². The monoisotopic (exact) mass is 441 g/mol. The highest BCUT2D eigenvalue weighted by Crippen LogP contribution is 2.38. The summed E-state index contributed by atoms with van der Waals surface area (Å²) in [5, 5.41) is 9.65. The minimum absolute atomic E-state index is 0.161. The van der Waals surface area contributed by atoms with Crippen molar-refractivity contribution >= 4 is 22.7 Å². The number of aliphatic carboxylic acids is 1. The van der Waals surface area contributed by atoms with Crippen LogP contribution in [0.15, 0.2) is 77.6 Å². The van der Waals surface area contributed by atoms with E-state index in [0.29, 0.717) is 6.54 Å². The number of para-hydroxylation sites is 2. The highest BCUT2D eigenvalue weighted by atomic mass is 16.4. The lowest BCUT2D eigenvalue weighted by Crippen LogP contribution is -2.31. The van der Waals surface area contributed by atoms with Gasteiger partial charge in [-0.25, -0.2) is 4.79 Å². The first-order chi connectivity index (χ1) is 16.0. The van der Waals surface area contributed by atoms with Gasteiger partial charge < -0.3 is 10.0 Å². The van der Waals surface area contributed by atoms with Crippen molar-refractivity contribution in [1.82, 2.24) is 9.13 Å². The molecule has 1 aliphatic rings. The largest absolute Gasteiger partial charge is 0.481 e. The first-order valence-electron chi connectivity index (χ1n) is 11.2. The molecule has 33 heavy (non-hydrogen) atoms. The summed E-state index contributed by atoms with van der Waals surface area (Å²) in [6.45, 7) is 3.50. The summed E-state index contributed by atoms with van der Waals surface area (Å²) in [5.41, 5.74) is 5.96. The number of carboxylic acid groups (broad SMARTS) is 1. The van der Waals surface area contributed by atoms with Gasteiger partial charge in [-0.05, 0) is 41.8 Å². The quantitative estimate of drug-likeness (QED) is 0.481. The van der Waals surface area contributed by atoms with Gasteiger partial charge in [0.15, 0.2) is 0 Å². The van der Waals surface area contributed by atoms with Crippen LogP contribution in [-0.2, 0) is 11.3 Å². The molecule has 2 atom stereocenters. The van der Waals surface area contributed by atoms with Gasteiger partial charge in [-0.1, -0.05) is 54.6 Å². The Kier molecular flexibility index (Phi) is 5.29. The van der Waals surface area contributed by atoms with Gasteiger partial charge in [-0.2, -0.15) is 0 Å². The third kappa shape index (κ3) is 3.61. The molecule has 0 spiro atoms. The first-order valence-corrected chi connectivity index (χ1v) is 11.2. The van der Waals surface area contributed by atoms with Gasteiger partial charge in [0.2, 0.25) is 0 Å². The van der Waals surface area contributed by atoms with Crippen LogP contribution in [-0.4, -0.2) is 33.8 Å². The molecule has 3 aromatic carbocycles. The number of rotatable bonds is 6. The van der Waals surface area contributed by atoms with Gasteiger partial charge in [0, 0.05) is 31.7 Å². The fourth-order valence-electron chi connectivity index (χ4n) is 5.33. The third-order valence-corrected chi connectivity index (χ3v) is 6.75. The number of carbonyl (C=O) groups is 1. The lowest BCUT2D eigenvalue weighted by Gasteiger charge is -2.18. The number of aromatic nitrogens is 2. The normalized spacial score (nSPS) is 16.2. The van der Waals surface area contributed by atoms with Crippen LogP contribution in [0.4, 0.5) is 5.69 Å². The van der Waals surface area contributed by atoms with Gasteiger partial charge in [0.25, 0.3) is 0 Å². The van der Waals surface area contributed by atoms with Crippen molar-refractivity contribution in [2.45, 2.75) is 31.8 Å². The maximum Gasteiger partial charge on any atom is 0.329 e. The molecule has 1 aliphatic heterocycles. The molecule has 1 unspecified atom stereocenters. The predicted molar refractivity (Wildman–Crippen MR) is 130 cm³/mol. The van der Waals surface area contributed by atoms with E-state index < -0.39 is 12.0 Å². The fraction of sp³-hybridized carbons (Fsp3) is 0.259. The summed E-state index contributed by atoms with van der Waals surface area (Å²) in [6, 6.07) is 22.8. The molecule has 2 heterocycles. The van der Waals surface area contributed by atoms with E-state index >= 15 is 0 Å². The summed E-state index contributed by atoms with van der Waals surface area (Å²) in [6.07, 6.45) is -0.161. The molecular formula is C27H27N3O3. The molecule has 0 fully saturated rings. The standard InChI is InChI=1S/C27H27N3O3/c1-18-9-8-14-23-26(18)20(16-28(23)2)17-29-21-12-6-7-13-22(21)30(27(29)33)24(15-25(31)32)19-10-4-3-5-11-19/h3-14,20,24H,15-17H2,1-2H3,(H,31,32)/t20?,24-/m1/s1. The Balaban J connectivity index is 1.65. The van der Waals surface area contributed by atoms with E-state index in [4.69, 9.17) is 0 Å². The van der Waals surface area contributed by atoms with Crippen molar-refractivity contribution in [1.29, 1.82) is 0 Å². The third-order valence-electron chi connectivity index (χ3n) is 6.75. The van der Waals surface area contributed by atoms with Gasteiger partial charge in [0.05, 0.1) is 23.5 Å². The number of hydrogen-bond acceptors (Lipinski definition) is 3. The number of nitrogens with zero attached hydrogens (tertiary/aromatic N) is 3. The number of imidazole rings is 1. The van der Waals surface area contributed by atoms with E-state index in [9.17, 15) is 14.7 Å². The van der Waals surface area contributed by atoms with Crippen molar-refractivity contribution in [3.05, 3.63) is 100.0 Å². The molecule has 168 valence electrons. The average Bonchev–Trinajstić information content (AvgIpc) is 3.28. The Morgan fingerprint density at radius 2 is 1.70 bits per heavy atom. The lowest BCUT2D eigenvalue weighted by molar-refractivity contribution is -0.137. The smallest absolute Gasteiger partial charge is 0.329 e. The lowest BCUT2D eigenvalue weighted by atomic mass is 9.96. The molecule has 6 heteroatoms. The zero-order valence-electron chi connectivity index (χ0n) is 18.8. The van der Waals surface area contributed by atoms with Crippen molar-refractivity contribution in [3.8, 4) is 0 Å². The summed E-state index contributed by atoms with van der Waals surface area (Å²) >= 11 is 0. The second kappa shape index (κ2) is 8.28. The van der Waals surface area contributed by atoms with Crippen molar-refractivity contribution in [2.24, 2.45) is 0 Å². The summed E-state index contributed by atoms with van der Waals surface area (Å²) < 4.78 is 3.49. The number of fused-ring (bicyclic) bond motifs is 2. The molecule has 5 rings (SSSR count). The van der Waals surface area contributed by atoms with E-state index in [1.807, 2.05) is 59.2 Å².